The average molecular weight is 353 g/mol. The number of hydrogen-bond acceptors (Lipinski definition) is 4. The molecule has 2 aromatic rings. The standard InChI is InChI=1S/C19H19N3O2S/c1-25-13-5-2-11(3-6-13)12-4-7-16-14(10-12)19(24)22-9-8-15(20)17(22)18(23)21-16/h2-7,10,15,17H,8-9,20H2,1H3,(H,21,23). The summed E-state index contributed by atoms with van der Waals surface area (Å²) in [5.41, 5.74) is 9.11. The summed E-state index contributed by atoms with van der Waals surface area (Å²) in [4.78, 5) is 28.2. The minimum Gasteiger partial charge on any atom is -0.325 e. The number of nitrogens with two attached hydrogens (primary N) is 1. The van der Waals surface area contributed by atoms with Crippen molar-refractivity contribution in [1.29, 1.82) is 0 Å². The Morgan fingerprint density at radius 2 is 1.84 bits per heavy atom. The molecule has 0 bridgehead atoms. The lowest BCUT2D eigenvalue weighted by atomic mass is 10.0. The molecule has 0 spiro atoms. The maximum Gasteiger partial charge on any atom is 0.256 e. The summed E-state index contributed by atoms with van der Waals surface area (Å²) in [5, 5.41) is 2.87. The van der Waals surface area contributed by atoms with E-state index in [0.29, 0.717) is 24.2 Å². The molecule has 2 aromatic carbocycles. The molecule has 2 atom stereocenters. The summed E-state index contributed by atoms with van der Waals surface area (Å²) in [6.07, 6.45) is 2.69. The first-order valence-corrected chi connectivity index (χ1v) is 9.47. The summed E-state index contributed by atoms with van der Waals surface area (Å²) >= 11 is 1.69. The molecule has 0 aliphatic carbocycles. The van der Waals surface area contributed by atoms with Gasteiger partial charge in [0.25, 0.3) is 5.91 Å². The monoisotopic (exact) mass is 353 g/mol. The highest BCUT2D eigenvalue weighted by Crippen LogP contribution is 2.32. The van der Waals surface area contributed by atoms with Gasteiger partial charge in [-0.25, -0.2) is 0 Å². The quantitative estimate of drug-likeness (QED) is 0.814. The number of nitrogens with one attached hydrogen (secondary N) is 1. The van der Waals surface area contributed by atoms with Crippen molar-refractivity contribution in [3.05, 3.63) is 48.0 Å². The van der Waals surface area contributed by atoms with E-state index in [4.69, 9.17) is 5.73 Å². The van der Waals surface area contributed by atoms with Crippen LogP contribution in [0.5, 0.6) is 0 Å². The Balaban J connectivity index is 1.75. The summed E-state index contributed by atoms with van der Waals surface area (Å²) < 4.78 is 0. The first kappa shape index (κ1) is 16.2. The molecule has 25 heavy (non-hydrogen) atoms. The van der Waals surface area contributed by atoms with Gasteiger partial charge in [-0.1, -0.05) is 18.2 Å². The van der Waals surface area contributed by atoms with Gasteiger partial charge in [-0.2, -0.15) is 0 Å². The summed E-state index contributed by atoms with van der Waals surface area (Å²) in [5.74, 6) is -0.331. The SMILES string of the molecule is CSc1ccc(-c2ccc3c(c2)C(=O)N2CCC(N)C2C(=O)N3)cc1. The van der Waals surface area contributed by atoms with Gasteiger partial charge >= 0.3 is 0 Å². The molecule has 6 heteroatoms. The zero-order valence-corrected chi connectivity index (χ0v) is 14.7. The number of carbonyl (C=O) groups excluding carboxylic acids is 2. The van der Waals surface area contributed by atoms with E-state index < -0.39 is 6.04 Å². The maximum atomic E-state index is 13.0. The third-order valence-corrected chi connectivity index (χ3v) is 5.65. The fourth-order valence-corrected chi connectivity index (χ4v) is 3.94. The third-order valence-electron chi connectivity index (χ3n) is 4.91. The van der Waals surface area contributed by atoms with Gasteiger partial charge in [0.05, 0.1) is 11.3 Å². The predicted octanol–water partition coefficient (Wildman–Crippen LogP) is 2.57. The Kier molecular flexibility index (Phi) is 4.01. The summed E-state index contributed by atoms with van der Waals surface area (Å²) in [6.45, 7) is 0.518. The number of thioether (sulfide) groups is 1. The van der Waals surface area contributed by atoms with E-state index in [1.807, 2.05) is 30.5 Å². The molecule has 3 N–H and O–H groups in total. The number of nitrogens with zero attached hydrogens (tertiary/aromatic N) is 1. The van der Waals surface area contributed by atoms with E-state index in [0.717, 1.165) is 11.1 Å². The number of amides is 2. The Labute approximate surface area is 150 Å². The molecule has 1 fully saturated rings. The smallest absolute Gasteiger partial charge is 0.256 e. The van der Waals surface area contributed by atoms with Crippen LogP contribution in [0.2, 0.25) is 0 Å². The predicted molar refractivity (Wildman–Crippen MR) is 99.7 cm³/mol. The maximum absolute atomic E-state index is 13.0. The van der Waals surface area contributed by atoms with E-state index in [2.05, 4.69) is 17.4 Å². The molecule has 0 saturated carbocycles. The third kappa shape index (κ3) is 2.71. The van der Waals surface area contributed by atoms with Gasteiger partial charge in [0.2, 0.25) is 5.91 Å². The van der Waals surface area contributed by atoms with E-state index in [-0.39, 0.29) is 17.9 Å². The Morgan fingerprint density at radius 3 is 2.56 bits per heavy atom. The van der Waals surface area contributed by atoms with E-state index >= 15 is 0 Å². The number of carbonyl (C=O) groups is 2. The van der Waals surface area contributed by atoms with Gasteiger partial charge in [0.1, 0.15) is 6.04 Å². The molecule has 0 radical (unpaired) electrons. The van der Waals surface area contributed by atoms with Gasteiger partial charge in [0, 0.05) is 17.5 Å². The average Bonchev–Trinajstić information content (AvgIpc) is 2.98. The summed E-state index contributed by atoms with van der Waals surface area (Å²) in [6, 6.07) is 12.9. The molecular weight excluding hydrogens is 334 g/mol. The lowest BCUT2D eigenvalue weighted by Crippen LogP contribution is -2.48. The number of anilines is 1. The molecule has 5 nitrogen and oxygen atoms in total. The first-order valence-electron chi connectivity index (χ1n) is 8.24. The van der Waals surface area contributed by atoms with Crippen molar-refractivity contribution in [1.82, 2.24) is 4.90 Å². The molecule has 2 aliphatic heterocycles. The normalized spacial score (nSPS) is 22.2. The van der Waals surface area contributed by atoms with Gasteiger partial charge in [-0.05, 0) is 48.1 Å². The minimum atomic E-state index is -0.579. The highest BCUT2D eigenvalue weighted by atomic mass is 32.2. The van der Waals surface area contributed by atoms with Gasteiger partial charge in [-0.15, -0.1) is 11.8 Å². The molecule has 2 heterocycles. The molecular formula is C19H19N3O2S. The molecule has 2 amide bonds. The highest BCUT2D eigenvalue weighted by Gasteiger charge is 2.43. The molecule has 128 valence electrons. The zero-order chi connectivity index (χ0) is 17.6. The fourth-order valence-electron chi connectivity index (χ4n) is 3.53. The zero-order valence-electron chi connectivity index (χ0n) is 13.9. The van der Waals surface area contributed by atoms with Crippen molar-refractivity contribution in [3.63, 3.8) is 0 Å². The second kappa shape index (κ2) is 6.20. The molecule has 2 aliphatic rings. The van der Waals surface area contributed by atoms with Crippen molar-refractivity contribution in [3.8, 4) is 11.1 Å². The van der Waals surface area contributed by atoms with Crippen molar-refractivity contribution in [2.75, 3.05) is 18.1 Å². The number of hydrogen-bond donors (Lipinski definition) is 2. The van der Waals surface area contributed by atoms with Crippen molar-refractivity contribution in [2.45, 2.75) is 23.4 Å². The van der Waals surface area contributed by atoms with Crippen LogP contribution in [0.3, 0.4) is 0 Å². The van der Waals surface area contributed by atoms with Crippen molar-refractivity contribution in [2.24, 2.45) is 5.73 Å². The number of rotatable bonds is 2. The van der Waals surface area contributed by atoms with Gasteiger partial charge in [-0.3, -0.25) is 9.59 Å². The van der Waals surface area contributed by atoms with Crippen LogP contribution in [0, 0.1) is 0 Å². The molecule has 1 saturated heterocycles. The van der Waals surface area contributed by atoms with Crippen LogP contribution in [0.4, 0.5) is 5.69 Å². The molecule has 4 rings (SSSR count). The second-order valence-corrected chi connectivity index (χ2v) is 7.25. The van der Waals surface area contributed by atoms with E-state index in [1.54, 1.807) is 22.7 Å². The van der Waals surface area contributed by atoms with Crippen LogP contribution >= 0.6 is 11.8 Å². The van der Waals surface area contributed by atoms with Crippen molar-refractivity contribution >= 4 is 29.3 Å². The molecule has 0 aromatic heterocycles. The number of fused-ring (bicyclic) bond motifs is 2. The van der Waals surface area contributed by atoms with Gasteiger partial charge < -0.3 is 16.0 Å². The summed E-state index contributed by atoms with van der Waals surface area (Å²) in [7, 11) is 0. The minimum absolute atomic E-state index is 0.131. The van der Waals surface area contributed by atoms with Crippen LogP contribution in [-0.4, -0.2) is 41.6 Å². The van der Waals surface area contributed by atoms with E-state index in [1.165, 1.54) is 4.90 Å². The van der Waals surface area contributed by atoms with E-state index in [9.17, 15) is 9.59 Å². The van der Waals surface area contributed by atoms with Crippen LogP contribution in [0.15, 0.2) is 47.4 Å². The fraction of sp³-hybridized carbons (Fsp3) is 0.263. The highest BCUT2D eigenvalue weighted by molar-refractivity contribution is 7.98. The van der Waals surface area contributed by atoms with Crippen LogP contribution in [-0.2, 0) is 4.79 Å². The second-order valence-electron chi connectivity index (χ2n) is 6.37. The Morgan fingerprint density at radius 1 is 1.12 bits per heavy atom. The largest absolute Gasteiger partial charge is 0.325 e. The number of benzene rings is 2. The lowest BCUT2D eigenvalue weighted by molar-refractivity contribution is -0.119. The molecule has 2 unspecified atom stereocenters. The van der Waals surface area contributed by atoms with Gasteiger partial charge in [0.15, 0.2) is 0 Å². The Hall–Kier alpha value is -2.31. The first-order chi connectivity index (χ1) is 12.1. The van der Waals surface area contributed by atoms with Crippen molar-refractivity contribution < 1.29 is 9.59 Å². The Bertz CT molecular complexity index is 850. The van der Waals surface area contributed by atoms with Crippen LogP contribution < -0.4 is 11.1 Å². The topological polar surface area (TPSA) is 75.4 Å². The van der Waals surface area contributed by atoms with Crippen LogP contribution in [0.25, 0.3) is 11.1 Å². The van der Waals surface area contributed by atoms with Crippen LogP contribution in [0.1, 0.15) is 16.8 Å². The lowest BCUT2D eigenvalue weighted by Gasteiger charge is -2.22.